The molecule has 0 spiro atoms. The van der Waals surface area contributed by atoms with Gasteiger partial charge in [0.25, 0.3) is 0 Å². The zero-order valence-electron chi connectivity index (χ0n) is 15.2. The number of likely N-dealkylation sites (tertiary alicyclic amines) is 1. The van der Waals surface area contributed by atoms with Gasteiger partial charge in [0.05, 0.1) is 0 Å². The first-order chi connectivity index (χ1) is 13.1. The van der Waals surface area contributed by atoms with Gasteiger partial charge in [-0.15, -0.1) is 0 Å². The number of benzene rings is 1. The number of hydrogen-bond donors (Lipinski definition) is 1. The summed E-state index contributed by atoms with van der Waals surface area (Å²) in [6, 6.07) is 10.0. The molecule has 0 radical (unpaired) electrons. The monoisotopic (exact) mass is 367 g/mol. The van der Waals surface area contributed by atoms with Crippen molar-refractivity contribution in [2.24, 2.45) is 13.0 Å². The van der Waals surface area contributed by atoms with E-state index in [2.05, 4.69) is 15.3 Å². The minimum absolute atomic E-state index is 0.103. The van der Waals surface area contributed by atoms with E-state index < -0.39 is 0 Å². The van der Waals surface area contributed by atoms with Crippen LogP contribution in [0.4, 0.5) is 9.18 Å². The lowest BCUT2D eigenvalue weighted by Crippen LogP contribution is -2.38. The number of halogens is 1. The lowest BCUT2D eigenvalue weighted by atomic mass is 10.0. The van der Waals surface area contributed by atoms with E-state index >= 15 is 0 Å². The molecule has 1 saturated heterocycles. The van der Waals surface area contributed by atoms with Crippen molar-refractivity contribution in [2.45, 2.75) is 19.4 Å². The molecule has 1 atom stereocenters. The van der Waals surface area contributed by atoms with E-state index in [0.717, 1.165) is 41.9 Å². The average Bonchev–Trinajstić information content (AvgIpc) is 3.26. The fraction of sp³-hybridized carbons (Fsp3) is 0.350. The van der Waals surface area contributed by atoms with Crippen LogP contribution in [0.15, 0.2) is 42.6 Å². The Bertz CT molecular complexity index is 970. The van der Waals surface area contributed by atoms with Gasteiger partial charge in [0.2, 0.25) is 0 Å². The Kier molecular flexibility index (Phi) is 4.75. The smallest absolute Gasteiger partial charge is 0.317 e. The van der Waals surface area contributed by atoms with Crippen LogP contribution in [-0.4, -0.2) is 38.6 Å². The van der Waals surface area contributed by atoms with Crippen LogP contribution in [0.2, 0.25) is 0 Å². The second kappa shape index (κ2) is 7.34. The highest BCUT2D eigenvalue weighted by molar-refractivity contribution is 5.74. The Labute approximate surface area is 157 Å². The second-order valence-electron chi connectivity index (χ2n) is 7.03. The van der Waals surface area contributed by atoms with Gasteiger partial charge in [-0.1, -0.05) is 12.1 Å². The van der Waals surface area contributed by atoms with Crippen molar-refractivity contribution >= 4 is 17.2 Å². The van der Waals surface area contributed by atoms with Gasteiger partial charge in [0, 0.05) is 39.3 Å². The molecular formula is C20H22FN5O. The normalized spacial score (nSPS) is 16.8. The molecule has 140 valence electrons. The Morgan fingerprint density at radius 1 is 1.33 bits per heavy atom. The second-order valence-corrected chi connectivity index (χ2v) is 7.03. The minimum atomic E-state index is -0.292. The van der Waals surface area contributed by atoms with Gasteiger partial charge in [0.15, 0.2) is 5.65 Å². The molecule has 0 bridgehead atoms. The van der Waals surface area contributed by atoms with Crippen LogP contribution in [0.5, 0.6) is 0 Å². The van der Waals surface area contributed by atoms with Crippen molar-refractivity contribution in [3.05, 3.63) is 59.8 Å². The van der Waals surface area contributed by atoms with E-state index in [4.69, 9.17) is 0 Å². The van der Waals surface area contributed by atoms with Gasteiger partial charge in [-0.2, -0.15) is 0 Å². The third kappa shape index (κ3) is 3.77. The van der Waals surface area contributed by atoms with Crippen molar-refractivity contribution < 1.29 is 9.18 Å². The number of hydrogen-bond acceptors (Lipinski definition) is 3. The summed E-state index contributed by atoms with van der Waals surface area (Å²) in [5, 5.41) is 2.87. The molecule has 3 aromatic rings. The average molecular weight is 367 g/mol. The first-order valence-electron chi connectivity index (χ1n) is 9.13. The maximum atomic E-state index is 13.2. The lowest BCUT2D eigenvalue weighted by molar-refractivity contribution is 0.206. The minimum Gasteiger partial charge on any atom is -0.334 e. The van der Waals surface area contributed by atoms with E-state index in [9.17, 15) is 9.18 Å². The van der Waals surface area contributed by atoms with Crippen molar-refractivity contribution in [3.8, 4) is 0 Å². The summed E-state index contributed by atoms with van der Waals surface area (Å²) in [4.78, 5) is 23.3. The van der Waals surface area contributed by atoms with Gasteiger partial charge in [0.1, 0.15) is 17.2 Å². The van der Waals surface area contributed by atoms with Crippen LogP contribution in [-0.2, 0) is 20.0 Å². The molecule has 6 nitrogen and oxygen atoms in total. The summed E-state index contributed by atoms with van der Waals surface area (Å²) >= 11 is 0. The molecule has 1 aliphatic heterocycles. The predicted molar refractivity (Wildman–Crippen MR) is 101 cm³/mol. The number of imidazole rings is 1. The number of nitrogens with one attached hydrogen (secondary N) is 1. The summed E-state index contributed by atoms with van der Waals surface area (Å²) in [7, 11) is 1.98. The highest BCUT2D eigenvalue weighted by Gasteiger charge is 2.27. The molecule has 0 saturated carbocycles. The molecule has 1 fully saturated rings. The zero-order chi connectivity index (χ0) is 18.8. The molecule has 3 heterocycles. The molecule has 1 aliphatic rings. The van der Waals surface area contributed by atoms with Gasteiger partial charge in [-0.05, 0) is 42.2 Å². The Morgan fingerprint density at radius 2 is 2.22 bits per heavy atom. The third-order valence-corrected chi connectivity index (χ3v) is 5.10. The highest BCUT2D eigenvalue weighted by atomic mass is 19.1. The standard InChI is InChI=1S/C20H22FN5O/c1-25-18(24-17-6-3-8-22-19(17)25)11-15-7-9-26(13-15)20(27)23-12-14-4-2-5-16(21)10-14/h2-6,8,10,15H,7,9,11-13H2,1H3,(H,23,27). The number of aromatic nitrogens is 3. The summed E-state index contributed by atoms with van der Waals surface area (Å²) in [6.07, 6.45) is 3.54. The van der Waals surface area contributed by atoms with Gasteiger partial charge >= 0.3 is 6.03 Å². The summed E-state index contributed by atoms with van der Waals surface area (Å²) in [5.74, 6) is 1.08. The molecule has 27 heavy (non-hydrogen) atoms. The number of carbonyl (C=O) groups excluding carboxylic acids is 1. The van der Waals surface area contributed by atoms with E-state index in [1.54, 1.807) is 18.3 Å². The molecule has 7 heteroatoms. The summed E-state index contributed by atoms with van der Waals surface area (Å²) in [6.45, 7) is 1.75. The highest BCUT2D eigenvalue weighted by Crippen LogP contribution is 2.22. The molecule has 1 N–H and O–H groups in total. The van der Waals surface area contributed by atoms with E-state index in [-0.39, 0.29) is 11.8 Å². The molecule has 2 aromatic heterocycles. The van der Waals surface area contributed by atoms with Crippen molar-refractivity contribution in [1.82, 2.24) is 24.8 Å². The number of amides is 2. The number of rotatable bonds is 4. The van der Waals surface area contributed by atoms with Gasteiger partial charge in [-0.25, -0.2) is 19.2 Å². The number of carbonyl (C=O) groups is 1. The molecule has 1 aromatic carbocycles. The summed E-state index contributed by atoms with van der Waals surface area (Å²) in [5.41, 5.74) is 2.54. The number of pyridine rings is 1. The van der Waals surface area contributed by atoms with E-state index in [0.29, 0.717) is 19.0 Å². The number of nitrogens with zero attached hydrogens (tertiary/aromatic N) is 4. The van der Waals surface area contributed by atoms with Crippen LogP contribution in [0.3, 0.4) is 0 Å². The van der Waals surface area contributed by atoms with Crippen LogP contribution >= 0.6 is 0 Å². The first kappa shape index (κ1) is 17.5. The summed E-state index contributed by atoms with van der Waals surface area (Å²) < 4.78 is 15.3. The third-order valence-electron chi connectivity index (χ3n) is 5.10. The molecule has 1 unspecified atom stereocenters. The fourth-order valence-electron chi connectivity index (χ4n) is 3.63. The SMILES string of the molecule is Cn1c(CC2CCN(C(=O)NCc3cccc(F)c3)C2)nc2cccnc21. The Balaban J connectivity index is 1.34. The van der Waals surface area contributed by atoms with Crippen LogP contribution in [0.1, 0.15) is 17.8 Å². The first-order valence-corrected chi connectivity index (χ1v) is 9.13. The molecular weight excluding hydrogens is 345 g/mol. The van der Waals surface area contributed by atoms with Crippen molar-refractivity contribution in [1.29, 1.82) is 0 Å². The molecule has 0 aliphatic carbocycles. The van der Waals surface area contributed by atoms with Crippen molar-refractivity contribution in [2.75, 3.05) is 13.1 Å². The fourth-order valence-corrected chi connectivity index (χ4v) is 3.63. The predicted octanol–water partition coefficient (Wildman–Crippen LogP) is 2.88. The van der Waals surface area contributed by atoms with Gasteiger partial charge in [-0.3, -0.25) is 0 Å². The van der Waals surface area contributed by atoms with E-state index in [1.807, 2.05) is 28.6 Å². The largest absolute Gasteiger partial charge is 0.334 e. The molecule has 4 rings (SSSR count). The zero-order valence-corrected chi connectivity index (χ0v) is 15.2. The lowest BCUT2D eigenvalue weighted by Gasteiger charge is -2.17. The topological polar surface area (TPSA) is 63.1 Å². The van der Waals surface area contributed by atoms with Gasteiger partial charge < -0.3 is 14.8 Å². The molecule has 2 amide bonds. The number of aryl methyl sites for hydroxylation is 1. The number of urea groups is 1. The van der Waals surface area contributed by atoms with Crippen LogP contribution < -0.4 is 5.32 Å². The Morgan fingerprint density at radius 3 is 3.04 bits per heavy atom. The number of fused-ring (bicyclic) bond motifs is 1. The maximum absolute atomic E-state index is 13.2. The van der Waals surface area contributed by atoms with Crippen LogP contribution in [0, 0.1) is 11.7 Å². The van der Waals surface area contributed by atoms with Crippen molar-refractivity contribution in [3.63, 3.8) is 0 Å². The van der Waals surface area contributed by atoms with E-state index in [1.165, 1.54) is 12.1 Å². The van der Waals surface area contributed by atoms with Crippen LogP contribution in [0.25, 0.3) is 11.2 Å². The maximum Gasteiger partial charge on any atom is 0.317 e. The Hall–Kier alpha value is -2.96. The quantitative estimate of drug-likeness (QED) is 0.771.